The second-order valence-corrected chi connectivity index (χ2v) is 7.45. The number of ether oxygens (including phenoxy) is 1. The predicted molar refractivity (Wildman–Crippen MR) is 108 cm³/mol. The Kier molecular flexibility index (Phi) is 7.37. The van der Waals surface area contributed by atoms with Crippen LogP contribution in [0.2, 0.25) is 0 Å². The summed E-state index contributed by atoms with van der Waals surface area (Å²) in [6, 6.07) is 12.9. The summed E-state index contributed by atoms with van der Waals surface area (Å²) >= 11 is 0. The zero-order valence-corrected chi connectivity index (χ0v) is 16.5. The Morgan fingerprint density at radius 1 is 1.18 bits per heavy atom. The molecule has 3 rings (SSSR count). The van der Waals surface area contributed by atoms with Crippen LogP contribution in [0, 0.1) is 5.92 Å². The molecule has 0 bridgehead atoms. The van der Waals surface area contributed by atoms with Crippen molar-refractivity contribution in [2.24, 2.45) is 5.92 Å². The molecule has 6 heteroatoms. The van der Waals surface area contributed by atoms with Crippen molar-refractivity contribution in [3.8, 4) is 0 Å². The van der Waals surface area contributed by atoms with Crippen LogP contribution in [0.25, 0.3) is 0 Å². The van der Waals surface area contributed by atoms with Crippen LogP contribution < -0.4 is 10.9 Å². The highest BCUT2D eigenvalue weighted by Gasteiger charge is 2.23. The van der Waals surface area contributed by atoms with Gasteiger partial charge in [0, 0.05) is 13.2 Å². The van der Waals surface area contributed by atoms with Crippen LogP contribution in [0.15, 0.2) is 47.3 Å². The van der Waals surface area contributed by atoms with E-state index in [1.807, 2.05) is 18.2 Å². The fraction of sp³-hybridized carbons (Fsp3) is 0.500. The Labute approximate surface area is 165 Å². The number of carbonyl (C=O) groups is 1. The number of benzene rings is 1. The molecule has 150 valence electrons. The van der Waals surface area contributed by atoms with Gasteiger partial charge in [-0.05, 0) is 24.0 Å². The molecule has 1 aromatic carbocycles. The first-order valence-corrected chi connectivity index (χ1v) is 10.1. The van der Waals surface area contributed by atoms with E-state index >= 15 is 0 Å². The van der Waals surface area contributed by atoms with Crippen molar-refractivity contribution < 1.29 is 9.53 Å². The van der Waals surface area contributed by atoms with Gasteiger partial charge in [-0.3, -0.25) is 9.59 Å². The monoisotopic (exact) mass is 383 g/mol. The first-order chi connectivity index (χ1) is 13.7. The van der Waals surface area contributed by atoms with Crippen molar-refractivity contribution >= 4 is 5.91 Å². The van der Waals surface area contributed by atoms with Gasteiger partial charge in [0.15, 0.2) is 0 Å². The summed E-state index contributed by atoms with van der Waals surface area (Å²) in [5.74, 6) is 0.374. The lowest BCUT2D eigenvalue weighted by molar-refractivity contribution is 0.0919. The minimum Gasteiger partial charge on any atom is -0.383 e. The van der Waals surface area contributed by atoms with Crippen molar-refractivity contribution in [3.63, 3.8) is 0 Å². The minimum atomic E-state index is -0.254. The van der Waals surface area contributed by atoms with E-state index in [-0.39, 0.29) is 23.2 Å². The third kappa shape index (κ3) is 5.52. The highest BCUT2D eigenvalue weighted by Crippen LogP contribution is 2.32. The first-order valence-electron chi connectivity index (χ1n) is 10.1. The molecule has 1 aliphatic rings. The maximum Gasteiger partial charge on any atom is 0.272 e. The molecule has 1 fully saturated rings. The average molecular weight is 383 g/mol. The number of hydrogen-bond donors (Lipinski definition) is 1. The molecule has 1 unspecified atom stereocenters. The summed E-state index contributed by atoms with van der Waals surface area (Å²) in [4.78, 5) is 24.8. The number of rotatable bonds is 8. The number of hydrogen-bond acceptors (Lipinski definition) is 4. The maximum atomic E-state index is 12.9. The van der Waals surface area contributed by atoms with Crippen LogP contribution in [0.4, 0.5) is 0 Å². The molecular formula is C22H29N3O3. The highest BCUT2D eigenvalue weighted by atomic mass is 16.5. The molecule has 1 amide bonds. The molecule has 28 heavy (non-hydrogen) atoms. The van der Waals surface area contributed by atoms with Crippen LogP contribution in [0.1, 0.15) is 60.6 Å². The molecule has 1 saturated carbocycles. The van der Waals surface area contributed by atoms with E-state index in [2.05, 4.69) is 22.5 Å². The molecule has 0 saturated heterocycles. The third-order valence-electron chi connectivity index (χ3n) is 5.41. The van der Waals surface area contributed by atoms with Gasteiger partial charge in [-0.2, -0.15) is 5.10 Å². The molecule has 0 aliphatic heterocycles. The maximum absolute atomic E-state index is 12.9. The molecule has 6 nitrogen and oxygen atoms in total. The van der Waals surface area contributed by atoms with Crippen LogP contribution in [0.3, 0.4) is 0 Å². The van der Waals surface area contributed by atoms with Gasteiger partial charge in [0.25, 0.3) is 11.5 Å². The molecule has 2 aromatic rings. The normalized spacial score (nSPS) is 15.9. The number of nitrogens with zero attached hydrogens (tertiary/aromatic N) is 2. The van der Waals surface area contributed by atoms with E-state index in [0.717, 1.165) is 12.0 Å². The largest absolute Gasteiger partial charge is 0.383 e. The van der Waals surface area contributed by atoms with E-state index in [4.69, 9.17) is 4.74 Å². The molecule has 1 aromatic heterocycles. The summed E-state index contributed by atoms with van der Waals surface area (Å²) in [6.07, 6.45) is 7.22. The first kappa shape index (κ1) is 20.3. The fourth-order valence-electron chi connectivity index (χ4n) is 3.86. The minimum absolute atomic E-state index is 0.0575. The lowest BCUT2D eigenvalue weighted by Crippen LogP contribution is -2.33. The van der Waals surface area contributed by atoms with Gasteiger partial charge >= 0.3 is 0 Å². The topological polar surface area (TPSA) is 73.2 Å². The summed E-state index contributed by atoms with van der Waals surface area (Å²) in [5.41, 5.74) is 1.12. The summed E-state index contributed by atoms with van der Waals surface area (Å²) in [5, 5.41) is 7.37. The van der Waals surface area contributed by atoms with E-state index in [1.165, 1.54) is 48.9 Å². The van der Waals surface area contributed by atoms with E-state index in [0.29, 0.717) is 19.1 Å². The van der Waals surface area contributed by atoms with E-state index in [9.17, 15) is 9.59 Å². The van der Waals surface area contributed by atoms with Crippen molar-refractivity contribution in [2.45, 2.75) is 51.1 Å². The smallest absolute Gasteiger partial charge is 0.272 e. The van der Waals surface area contributed by atoms with Crippen molar-refractivity contribution in [1.29, 1.82) is 0 Å². The standard InChI is InChI=1S/C22H29N3O3/c1-28-15-14-25-21(26)13-12-19(24-25)22(27)23-20(18-10-6-3-7-11-18)16-17-8-4-2-5-9-17/h3,6-7,10-13,17,20H,2,4-5,8-9,14-16H2,1H3,(H,23,27). The predicted octanol–water partition coefficient (Wildman–Crippen LogP) is 3.33. The molecule has 1 atom stereocenters. The quantitative estimate of drug-likeness (QED) is 0.759. The molecule has 0 radical (unpaired) electrons. The zero-order valence-electron chi connectivity index (χ0n) is 16.5. The van der Waals surface area contributed by atoms with Crippen LogP contribution >= 0.6 is 0 Å². The second-order valence-electron chi connectivity index (χ2n) is 7.45. The fourth-order valence-corrected chi connectivity index (χ4v) is 3.86. The number of amides is 1. The van der Waals surface area contributed by atoms with Gasteiger partial charge in [0.2, 0.25) is 0 Å². The van der Waals surface area contributed by atoms with Gasteiger partial charge in [0.1, 0.15) is 5.69 Å². The Bertz CT molecular complexity index is 813. The van der Waals surface area contributed by atoms with Crippen molar-refractivity contribution in [1.82, 2.24) is 15.1 Å². The SMILES string of the molecule is COCCn1nc(C(=O)NC(CC2CCCCC2)c2ccccc2)ccc1=O. The molecule has 0 spiro atoms. The molecule has 1 heterocycles. The molecule has 1 aliphatic carbocycles. The Hall–Kier alpha value is -2.47. The van der Waals surface area contributed by atoms with E-state index < -0.39 is 0 Å². The second kappa shape index (κ2) is 10.2. The van der Waals surface area contributed by atoms with Gasteiger partial charge in [-0.15, -0.1) is 0 Å². The molecule has 1 N–H and O–H groups in total. The summed E-state index contributed by atoms with van der Waals surface area (Å²) < 4.78 is 6.28. The van der Waals surface area contributed by atoms with Crippen molar-refractivity contribution in [2.75, 3.05) is 13.7 Å². The number of carbonyl (C=O) groups excluding carboxylic acids is 1. The number of methoxy groups -OCH3 is 1. The van der Waals surface area contributed by atoms with Crippen molar-refractivity contribution in [3.05, 3.63) is 64.1 Å². The molecular weight excluding hydrogens is 354 g/mol. The zero-order chi connectivity index (χ0) is 19.8. The van der Waals surface area contributed by atoms with Gasteiger partial charge in [-0.1, -0.05) is 62.4 Å². The van der Waals surface area contributed by atoms with Gasteiger partial charge in [-0.25, -0.2) is 4.68 Å². The van der Waals surface area contributed by atoms with Gasteiger partial charge < -0.3 is 10.1 Å². The lowest BCUT2D eigenvalue weighted by Gasteiger charge is -2.27. The van der Waals surface area contributed by atoms with E-state index in [1.54, 1.807) is 7.11 Å². The Morgan fingerprint density at radius 3 is 2.64 bits per heavy atom. The summed E-state index contributed by atoms with van der Waals surface area (Å²) in [6.45, 7) is 0.687. The van der Waals surface area contributed by atoms with Crippen LogP contribution in [-0.4, -0.2) is 29.4 Å². The average Bonchev–Trinajstić information content (AvgIpc) is 2.74. The number of nitrogens with one attached hydrogen (secondary N) is 1. The summed E-state index contributed by atoms with van der Waals surface area (Å²) in [7, 11) is 1.57. The van der Waals surface area contributed by atoms with Crippen LogP contribution in [0.5, 0.6) is 0 Å². The number of aromatic nitrogens is 2. The van der Waals surface area contributed by atoms with Crippen LogP contribution in [-0.2, 0) is 11.3 Å². The van der Waals surface area contributed by atoms with Gasteiger partial charge in [0.05, 0.1) is 19.2 Å². The Balaban J connectivity index is 1.76. The third-order valence-corrected chi connectivity index (χ3v) is 5.41. The lowest BCUT2D eigenvalue weighted by atomic mass is 9.83. The Morgan fingerprint density at radius 2 is 1.93 bits per heavy atom. The highest BCUT2D eigenvalue weighted by molar-refractivity contribution is 5.92.